The van der Waals surface area contributed by atoms with Gasteiger partial charge in [0.25, 0.3) is 5.91 Å². The lowest BCUT2D eigenvalue weighted by Crippen LogP contribution is -2.47. The third-order valence-corrected chi connectivity index (χ3v) is 6.98. The quantitative estimate of drug-likeness (QED) is 0.424. The van der Waals surface area contributed by atoms with Gasteiger partial charge in [0, 0.05) is 39.0 Å². The molecule has 1 spiro atoms. The second-order valence-corrected chi connectivity index (χ2v) is 9.49. The SMILES string of the molecule is COc1ccc(CN(Cc2ccccc2)Cc2ccc(C(=O)N3CCC4(CC3)OCCO4)o2)cc1OC. The highest BCUT2D eigenvalue weighted by Gasteiger charge is 2.41. The maximum atomic E-state index is 13.1. The van der Waals surface area contributed by atoms with Crippen LogP contribution in [0.4, 0.5) is 0 Å². The van der Waals surface area contributed by atoms with Crippen molar-refractivity contribution in [3.05, 3.63) is 83.3 Å². The molecular formula is C29H34N2O6. The topological polar surface area (TPSA) is 73.6 Å². The Morgan fingerprint density at radius 3 is 2.27 bits per heavy atom. The van der Waals surface area contributed by atoms with E-state index in [0.717, 1.165) is 17.9 Å². The van der Waals surface area contributed by atoms with Gasteiger partial charge in [0.1, 0.15) is 5.76 Å². The summed E-state index contributed by atoms with van der Waals surface area (Å²) in [6, 6.07) is 19.9. The Labute approximate surface area is 217 Å². The lowest BCUT2D eigenvalue weighted by Gasteiger charge is -2.37. The summed E-state index contributed by atoms with van der Waals surface area (Å²) in [5.41, 5.74) is 2.29. The fourth-order valence-corrected chi connectivity index (χ4v) is 5.04. The van der Waals surface area contributed by atoms with Crippen molar-refractivity contribution in [2.24, 2.45) is 0 Å². The summed E-state index contributed by atoms with van der Waals surface area (Å²) in [7, 11) is 3.27. The minimum absolute atomic E-state index is 0.0893. The largest absolute Gasteiger partial charge is 0.493 e. The molecule has 2 saturated heterocycles. The third kappa shape index (κ3) is 5.98. The molecule has 2 aliphatic rings. The smallest absolute Gasteiger partial charge is 0.289 e. The average Bonchev–Trinajstić information content (AvgIpc) is 3.59. The molecule has 0 aliphatic carbocycles. The van der Waals surface area contributed by atoms with Gasteiger partial charge in [-0.15, -0.1) is 0 Å². The van der Waals surface area contributed by atoms with Crippen molar-refractivity contribution in [3.8, 4) is 11.5 Å². The molecule has 2 fully saturated rings. The maximum Gasteiger partial charge on any atom is 0.289 e. The number of furan rings is 1. The molecule has 2 aromatic carbocycles. The summed E-state index contributed by atoms with van der Waals surface area (Å²) < 4.78 is 28.5. The Hall–Kier alpha value is -3.33. The molecule has 37 heavy (non-hydrogen) atoms. The van der Waals surface area contributed by atoms with E-state index in [1.54, 1.807) is 20.3 Å². The molecule has 8 heteroatoms. The normalized spacial score (nSPS) is 16.9. The van der Waals surface area contributed by atoms with Gasteiger partial charge in [-0.2, -0.15) is 0 Å². The van der Waals surface area contributed by atoms with E-state index in [0.29, 0.717) is 69.5 Å². The Balaban J connectivity index is 1.27. The van der Waals surface area contributed by atoms with Crippen LogP contribution in [0.2, 0.25) is 0 Å². The lowest BCUT2D eigenvalue weighted by molar-refractivity contribution is -0.181. The van der Waals surface area contributed by atoms with Crippen molar-refractivity contribution in [2.45, 2.75) is 38.3 Å². The standard InChI is InChI=1S/C29H34N2O6/c1-33-25-10-8-23(18-27(25)34-2)20-30(19-22-6-4-3-5-7-22)21-24-9-11-26(37-24)28(32)31-14-12-29(13-15-31)35-16-17-36-29/h3-11,18H,12-17,19-21H2,1-2H3. The Kier molecular flexibility index (Phi) is 7.79. The molecule has 8 nitrogen and oxygen atoms in total. The summed E-state index contributed by atoms with van der Waals surface area (Å²) in [4.78, 5) is 17.2. The second kappa shape index (κ2) is 11.4. The van der Waals surface area contributed by atoms with E-state index < -0.39 is 5.79 Å². The molecule has 0 radical (unpaired) electrons. The van der Waals surface area contributed by atoms with E-state index in [9.17, 15) is 4.79 Å². The fraction of sp³-hybridized carbons (Fsp3) is 0.414. The minimum atomic E-state index is -0.507. The number of nitrogens with zero attached hydrogens (tertiary/aromatic N) is 2. The van der Waals surface area contributed by atoms with Crippen LogP contribution in [-0.2, 0) is 29.1 Å². The number of hydrogen-bond donors (Lipinski definition) is 0. The van der Waals surface area contributed by atoms with Crippen LogP contribution in [0.5, 0.6) is 11.5 Å². The monoisotopic (exact) mass is 506 g/mol. The zero-order valence-electron chi connectivity index (χ0n) is 21.5. The van der Waals surface area contributed by atoms with Crippen molar-refractivity contribution in [1.82, 2.24) is 9.80 Å². The number of carbonyl (C=O) groups excluding carboxylic acids is 1. The number of amides is 1. The van der Waals surface area contributed by atoms with Crippen molar-refractivity contribution in [1.29, 1.82) is 0 Å². The molecule has 1 aromatic heterocycles. The number of carbonyl (C=O) groups is 1. The van der Waals surface area contributed by atoms with E-state index in [1.165, 1.54) is 5.56 Å². The van der Waals surface area contributed by atoms with E-state index in [2.05, 4.69) is 17.0 Å². The molecule has 0 saturated carbocycles. The van der Waals surface area contributed by atoms with E-state index in [1.807, 2.05) is 47.4 Å². The molecule has 0 bridgehead atoms. The van der Waals surface area contributed by atoms with Crippen LogP contribution in [0.25, 0.3) is 0 Å². The van der Waals surface area contributed by atoms with Crippen LogP contribution >= 0.6 is 0 Å². The highest BCUT2D eigenvalue weighted by Crippen LogP contribution is 2.32. The highest BCUT2D eigenvalue weighted by atomic mass is 16.7. The zero-order valence-corrected chi connectivity index (χ0v) is 21.5. The number of benzene rings is 2. The van der Waals surface area contributed by atoms with Gasteiger partial charge in [0.05, 0.1) is 34.0 Å². The van der Waals surface area contributed by atoms with E-state index in [-0.39, 0.29) is 5.91 Å². The van der Waals surface area contributed by atoms with Gasteiger partial charge in [-0.05, 0) is 35.4 Å². The number of ether oxygens (including phenoxy) is 4. The molecule has 1 amide bonds. The zero-order chi connectivity index (χ0) is 25.7. The average molecular weight is 507 g/mol. The molecular weight excluding hydrogens is 472 g/mol. The summed E-state index contributed by atoms with van der Waals surface area (Å²) >= 11 is 0. The van der Waals surface area contributed by atoms with Crippen LogP contribution < -0.4 is 9.47 Å². The van der Waals surface area contributed by atoms with Crippen LogP contribution in [0.1, 0.15) is 40.3 Å². The van der Waals surface area contributed by atoms with E-state index in [4.69, 9.17) is 23.4 Å². The molecule has 196 valence electrons. The highest BCUT2D eigenvalue weighted by molar-refractivity contribution is 5.91. The Morgan fingerprint density at radius 1 is 0.865 bits per heavy atom. The summed E-state index contributed by atoms with van der Waals surface area (Å²) in [6.45, 7) is 4.39. The predicted molar refractivity (Wildman–Crippen MR) is 137 cm³/mol. The third-order valence-electron chi connectivity index (χ3n) is 6.98. The number of hydrogen-bond acceptors (Lipinski definition) is 7. The first-order valence-corrected chi connectivity index (χ1v) is 12.7. The van der Waals surface area contributed by atoms with Crippen molar-refractivity contribution >= 4 is 5.91 Å². The molecule has 3 heterocycles. The Morgan fingerprint density at radius 2 is 1.57 bits per heavy atom. The summed E-state index contributed by atoms with van der Waals surface area (Å²) in [5, 5.41) is 0. The number of rotatable bonds is 9. The second-order valence-electron chi connectivity index (χ2n) is 9.49. The molecule has 0 unspecified atom stereocenters. The van der Waals surface area contributed by atoms with Crippen LogP contribution in [0, 0.1) is 0 Å². The van der Waals surface area contributed by atoms with Crippen LogP contribution in [0.3, 0.4) is 0 Å². The van der Waals surface area contributed by atoms with Crippen molar-refractivity contribution in [2.75, 3.05) is 40.5 Å². The fourth-order valence-electron chi connectivity index (χ4n) is 5.04. The van der Waals surface area contributed by atoms with E-state index >= 15 is 0 Å². The Bertz CT molecular complexity index is 1180. The van der Waals surface area contributed by atoms with Gasteiger partial charge in [-0.1, -0.05) is 36.4 Å². The van der Waals surface area contributed by atoms with Gasteiger partial charge in [0.15, 0.2) is 23.0 Å². The maximum absolute atomic E-state index is 13.1. The molecule has 5 rings (SSSR count). The van der Waals surface area contributed by atoms with Crippen LogP contribution in [-0.4, -0.2) is 62.0 Å². The minimum Gasteiger partial charge on any atom is -0.493 e. The van der Waals surface area contributed by atoms with Crippen molar-refractivity contribution in [3.63, 3.8) is 0 Å². The predicted octanol–water partition coefficient (Wildman–Crippen LogP) is 4.48. The van der Waals surface area contributed by atoms with Gasteiger partial charge < -0.3 is 28.3 Å². The first-order valence-electron chi connectivity index (χ1n) is 12.7. The van der Waals surface area contributed by atoms with Crippen LogP contribution in [0.15, 0.2) is 65.1 Å². The number of likely N-dealkylation sites (tertiary alicyclic amines) is 1. The van der Waals surface area contributed by atoms with Gasteiger partial charge >= 0.3 is 0 Å². The summed E-state index contributed by atoms with van der Waals surface area (Å²) in [5.74, 6) is 1.91. The lowest BCUT2D eigenvalue weighted by atomic mass is 10.0. The molecule has 0 atom stereocenters. The van der Waals surface area contributed by atoms with Gasteiger partial charge in [-0.3, -0.25) is 9.69 Å². The first kappa shape index (κ1) is 25.3. The van der Waals surface area contributed by atoms with Gasteiger partial charge in [0.2, 0.25) is 0 Å². The first-order chi connectivity index (χ1) is 18.1. The summed E-state index contributed by atoms with van der Waals surface area (Å²) in [6.07, 6.45) is 1.37. The van der Waals surface area contributed by atoms with Gasteiger partial charge in [-0.25, -0.2) is 0 Å². The number of piperidine rings is 1. The van der Waals surface area contributed by atoms with Crippen molar-refractivity contribution < 1.29 is 28.2 Å². The molecule has 0 N–H and O–H groups in total. The molecule has 3 aromatic rings. The number of methoxy groups -OCH3 is 2. The molecule has 2 aliphatic heterocycles.